The van der Waals surface area contributed by atoms with Crippen molar-refractivity contribution in [2.75, 3.05) is 19.2 Å². The maximum atomic E-state index is 12.8. The van der Waals surface area contributed by atoms with E-state index in [4.69, 9.17) is 32.7 Å². The highest BCUT2D eigenvalue weighted by Crippen LogP contribution is 2.37. The number of methoxy groups -OCH3 is 2. The quantitative estimate of drug-likeness (QED) is 0.703. The predicted molar refractivity (Wildman–Crippen MR) is 105 cm³/mol. The van der Waals surface area contributed by atoms with Crippen LogP contribution in [0.3, 0.4) is 0 Å². The van der Waals surface area contributed by atoms with Crippen LogP contribution >= 0.6 is 23.2 Å². The molecule has 2 aromatic rings. The van der Waals surface area contributed by atoms with E-state index in [0.717, 1.165) is 0 Å². The predicted octanol–water partition coefficient (Wildman–Crippen LogP) is 4.82. The van der Waals surface area contributed by atoms with E-state index in [1.165, 1.54) is 19.2 Å². The van der Waals surface area contributed by atoms with Gasteiger partial charge in [-0.3, -0.25) is 4.79 Å². The van der Waals surface area contributed by atoms with Crippen molar-refractivity contribution >= 4 is 46.6 Å². The first-order valence-corrected chi connectivity index (χ1v) is 8.49. The Labute approximate surface area is 161 Å². The Kier molecular flexibility index (Phi) is 5.20. The van der Waals surface area contributed by atoms with Crippen LogP contribution in [0.25, 0.3) is 6.08 Å². The molecule has 0 radical (unpaired) electrons. The second kappa shape index (κ2) is 7.40. The third-order valence-electron chi connectivity index (χ3n) is 3.90. The van der Waals surface area contributed by atoms with Crippen molar-refractivity contribution < 1.29 is 14.3 Å². The summed E-state index contributed by atoms with van der Waals surface area (Å²) < 4.78 is 10.5. The average Bonchev–Trinajstić information content (AvgIpc) is 2.90. The number of hydrazone groups is 1. The van der Waals surface area contributed by atoms with Gasteiger partial charge in [-0.15, -0.1) is 0 Å². The van der Waals surface area contributed by atoms with Gasteiger partial charge in [-0.1, -0.05) is 23.2 Å². The van der Waals surface area contributed by atoms with Crippen molar-refractivity contribution in [2.45, 2.75) is 6.92 Å². The van der Waals surface area contributed by atoms with Crippen LogP contribution in [0.1, 0.15) is 12.5 Å². The summed E-state index contributed by atoms with van der Waals surface area (Å²) in [5, 5.41) is 6.68. The maximum absolute atomic E-state index is 12.8. The molecule has 5 nitrogen and oxygen atoms in total. The molecule has 1 heterocycles. The van der Waals surface area contributed by atoms with E-state index in [-0.39, 0.29) is 5.91 Å². The van der Waals surface area contributed by atoms with Gasteiger partial charge in [-0.05, 0) is 55.0 Å². The van der Waals surface area contributed by atoms with Crippen LogP contribution in [0.2, 0.25) is 10.0 Å². The van der Waals surface area contributed by atoms with Crippen molar-refractivity contribution in [3.8, 4) is 11.5 Å². The van der Waals surface area contributed by atoms with E-state index in [9.17, 15) is 4.79 Å². The molecule has 0 unspecified atom stereocenters. The zero-order chi connectivity index (χ0) is 18.8. The summed E-state index contributed by atoms with van der Waals surface area (Å²) in [6.07, 6.45) is 1.73. The highest BCUT2D eigenvalue weighted by molar-refractivity contribution is 6.34. The van der Waals surface area contributed by atoms with Crippen LogP contribution < -0.4 is 14.5 Å². The number of halogens is 2. The Bertz CT molecular complexity index is 921. The van der Waals surface area contributed by atoms with Crippen LogP contribution in [0, 0.1) is 0 Å². The first-order chi connectivity index (χ1) is 12.4. The number of hydrogen-bond donors (Lipinski definition) is 0. The molecular weight excluding hydrogens is 375 g/mol. The van der Waals surface area contributed by atoms with Gasteiger partial charge in [0.15, 0.2) is 11.5 Å². The van der Waals surface area contributed by atoms with Crippen molar-refractivity contribution in [2.24, 2.45) is 5.10 Å². The summed E-state index contributed by atoms with van der Waals surface area (Å²) in [6.45, 7) is 1.78. The molecule has 134 valence electrons. The largest absolute Gasteiger partial charge is 0.493 e. The van der Waals surface area contributed by atoms with Gasteiger partial charge in [-0.25, -0.2) is 0 Å². The molecule has 26 heavy (non-hydrogen) atoms. The van der Waals surface area contributed by atoms with Gasteiger partial charge in [0.2, 0.25) is 0 Å². The first kappa shape index (κ1) is 18.3. The summed E-state index contributed by atoms with van der Waals surface area (Å²) in [6, 6.07) is 10.4. The number of nitrogens with zero attached hydrogens (tertiary/aromatic N) is 2. The number of amides is 1. The molecule has 1 amide bonds. The summed E-state index contributed by atoms with van der Waals surface area (Å²) in [4.78, 5) is 12.8. The van der Waals surface area contributed by atoms with Gasteiger partial charge in [0.25, 0.3) is 5.91 Å². The molecule has 0 saturated heterocycles. The highest BCUT2D eigenvalue weighted by atomic mass is 35.5. The van der Waals surface area contributed by atoms with Crippen molar-refractivity contribution in [1.29, 1.82) is 0 Å². The van der Waals surface area contributed by atoms with Gasteiger partial charge in [-0.2, -0.15) is 10.1 Å². The van der Waals surface area contributed by atoms with Crippen LogP contribution in [-0.2, 0) is 4.79 Å². The fourth-order valence-electron chi connectivity index (χ4n) is 2.63. The van der Waals surface area contributed by atoms with Crippen molar-refractivity contribution in [3.63, 3.8) is 0 Å². The lowest BCUT2D eigenvalue weighted by atomic mass is 10.1. The first-order valence-electron chi connectivity index (χ1n) is 7.73. The monoisotopic (exact) mass is 390 g/mol. The highest BCUT2D eigenvalue weighted by Gasteiger charge is 2.28. The Morgan fingerprint density at radius 2 is 1.77 bits per heavy atom. The van der Waals surface area contributed by atoms with Gasteiger partial charge in [0.1, 0.15) is 0 Å². The van der Waals surface area contributed by atoms with E-state index in [2.05, 4.69) is 5.10 Å². The summed E-state index contributed by atoms with van der Waals surface area (Å²) >= 11 is 12.1. The lowest BCUT2D eigenvalue weighted by Crippen LogP contribution is -2.21. The zero-order valence-corrected chi connectivity index (χ0v) is 15.9. The number of ether oxygens (including phenoxy) is 2. The molecule has 0 atom stereocenters. The van der Waals surface area contributed by atoms with Gasteiger partial charge in [0.05, 0.1) is 36.2 Å². The Morgan fingerprint density at radius 3 is 2.38 bits per heavy atom. The minimum absolute atomic E-state index is 0.226. The second-order valence-corrected chi connectivity index (χ2v) is 6.42. The Morgan fingerprint density at radius 1 is 1.08 bits per heavy atom. The van der Waals surface area contributed by atoms with Crippen LogP contribution in [-0.4, -0.2) is 25.8 Å². The van der Waals surface area contributed by atoms with Gasteiger partial charge >= 0.3 is 0 Å². The number of rotatable bonds is 4. The molecule has 1 aliphatic rings. The minimum atomic E-state index is -0.226. The maximum Gasteiger partial charge on any atom is 0.280 e. The Balaban J connectivity index is 1.97. The molecule has 0 spiro atoms. The summed E-state index contributed by atoms with van der Waals surface area (Å²) in [5.41, 5.74) is 2.44. The number of hydrogen-bond acceptors (Lipinski definition) is 4. The lowest BCUT2D eigenvalue weighted by molar-refractivity contribution is -0.114. The van der Waals surface area contributed by atoms with Gasteiger partial charge in [0, 0.05) is 5.02 Å². The second-order valence-electron chi connectivity index (χ2n) is 5.58. The molecule has 0 saturated carbocycles. The lowest BCUT2D eigenvalue weighted by Gasteiger charge is -2.12. The molecule has 1 aliphatic heterocycles. The Hall–Kier alpha value is -2.50. The van der Waals surface area contributed by atoms with Gasteiger partial charge < -0.3 is 9.47 Å². The van der Waals surface area contributed by atoms with Crippen LogP contribution in [0.4, 0.5) is 5.69 Å². The van der Waals surface area contributed by atoms with Crippen molar-refractivity contribution in [1.82, 2.24) is 0 Å². The molecule has 0 aliphatic carbocycles. The topological polar surface area (TPSA) is 51.1 Å². The molecule has 7 heteroatoms. The van der Waals surface area contributed by atoms with Crippen LogP contribution in [0.15, 0.2) is 47.1 Å². The normalized spacial score (nSPS) is 15.4. The standard InChI is InChI=1S/C19H16Cl2N2O3/c1-11-15(8-12-9-16(21)18(26-3)17(10-12)25-2)19(24)23(22-11)14-6-4-13(20)5-7-14/h4-10H,1-3H3/b15-8-. The zero-order valence-electron chi connectivity index (χ0n) is 14.4. The molecular formula is C19H16Cl2N2O3. The average molecular weight is 391 g/mol. The number of carbonyl (C=O) groups is 1. The van der Waals surface area contributed by atoms with E-state index < -0.39 is 0 Å². The smallest absolute Gasteiger partial charge is 0.280 e. The van der Waals surface area contributed by atoms with E-state index in [1.807, 2.05) is 0 Å². The third-order valence-corrected chi connectivity index (χ3v) is 4.43. The van der Waals surface area contributed by atoms with Crippen molar-refractivity contribution in [3.05, 3.63) is 57.6 Å². The number of anilines is 1. The summed E-state index contributed by atoms with van der Waals surface area (Å²) in [5.74, 6) is 0.708. The molecule has 0 bridgehead atoms. The van der Waals surface area contributed by atoms with E-state index >= 15 is 0 Å². The summed E-state index contributed by atoms with van der Waals surface area (Å²) in [7, 11) is 3.05. The molecule has 0 aromatic heterocycles. The minimum Gasteiger partial charge on any atom is -0.493 e. The fourth-order valence-corrected chi connectivity index (χ4v) is 3.05. The van der Waals surface area contributed by atoms with E-state index in [0.29, 0.717) is 44.1 Å². The van der Waals surface area contributed by atoms with E-state index in [1.54, 1.807) is 49.4 Å². The number of benzene rings is 2. The third kappa shape index (κ3) is 3.41. The number of carbonyl (C=O) groups excluding carboxylic acids is 1. The SMILES string of the molecule is COc1cc(/C=C2\C(=O)N(c3ccc(Cl)cc3)N=C2C)cc(Cl)c1OC. The molecule has 0 N–H and O–H groups in total. The van der Waals surface area contributed by atoms with Crippen LogP contribution in [0.5, 0.6) is 11.5 Å². The molecule has 2 aromatic carbocycles. The molecule has 3 rings (SSSR count). The molecule has 0 fully saturated rings. The fraction of sp³-hybridized carbons (Fsp3) is 0.158.